The summed E-state index contributed by atoms with van der Waals surface area (Å²) in [5.74, 6) is 1.04. The molecule has 1 aliphatic carbocycles. The van der Waals surface area contributed by atoms with Gasteiger partial charge in [-0.3, -0.25) is 0 Å². The van der Waals surface area contributed by atoms with E-state index >= 15 is 0 Å². The second-order valence-corrected chi connectivity index (χ2v) is 7.94. The highest BCUT2D eigenvalue weighted by Crippen LogP contribution is 2.55. The Morgan fingerprint density at radius 1 is 1.12 bits per heavy atom. The van der Waals surface area contributed by atoms with Crippen LogP contribution >= 0.6 is 0 Å². The fraction of sp³-hybridized carbons (Fsp3) is 0.412. The Bertz CT molecular complexity index is 881. The normalized spacial score (nSPS) is 23.5. The van der Waals surface area contributed by atoms with Gasteiger partial charge in [0.15, 0.2) is 0 Å². The molecular weight excluding hydrogens is 340 g/mol. The molecule has 1 saturated heterocycles. The van der Waals surface area contributed by atoms with Gasteiger partial charge in [0.2, 0.25) is 16.0 Å². The van der Waals surface area contributed by atoms with Crippen LogP contribution in [0.5, 0.6) is 0 Å². The summed E-state index contributed by atoms with van der Waals surface area (Å²) in [5.41, 5.74) is 1.73. The van der Waals surface area contributed by atoms with Crippen molar-refractivity contribution in [3.63, 3.8) is 0 Å². The molecule has 2 heterocycles. The summed E-state index contributed by atoms with van der Waals surface area (Å²) in [6.07, 6.45) is 2.64. The molecule has 1 aromatic carbocycles. The minimum Gasteiger partial charge on any atom is -0.378 e. The highest BCUT2D eigenvalue weighted by Gasteiger charge is 2.43. The van der Waals surface area contributed by atoms with Crippen molar-refractivity contribution in [2.75, 3.05) is 31.2 Å². The van der Waals surface area contributed by atoms with Gasteiger partial charge < -0.3 is 9.64 Å². The fourth-order valence-electron chi connectivity index (χ4n) is 3.40. The van der Waals surface area contributed by atoms with Crippen LogP contribution in [0.25, 0.3) is 0 Å². The molecule has 2 N–H and O–H groups in total. The van der Waals surface area contributed by atoms with Crippen LogP contribution in [0.1, 0.15) is 29.5 Å². The summed E-state index contributed by atoms with van der Waals surface area (Å²) in [4.78, 5) is 11.4. The average Bonchev–Trinajstić information content (AvgIpc) is 3.43. The summed E-state index contributed by atoms with van der Waals surface area (Å²) >= 11 is 0. The second-order valence-electron chi connectivity index (χ2n) is 6.41. The minimum absolute atomic E-state index is 0.127. The summed E-state index contributed by atoms with van der Waals surface area (Å²) < 4.78 is 29.0. The first kappa shape index (κ1) is 16.4. The third-order valence-electron chi connectivity index (χ3n) is 4.75. The standard InChI is InChI=1S/C17H20N4O3S/c18-25(22,23)16-4-2-1-3-12(16)13-11-14(13)15-5-6-19-17(20-15)21-7-9-24-10-8-21/h1-6,13-14H,7-11H2,(H2,18,22,23). The third-order valence-corrected chi connectivity index (χ3v) is 5.74. The monoisotopic (exact) mass is 360 g/mol. The molecule has 4 rings (SSSR count). The van der Waals surface area contributed by atoms with Crippen LogP contribution in [-0.2, 0) is 14.8 Å². The van der Waals surface area contributed by atoms with Crippen molar-refractivity contribution in [1.82, 2.24) is 9.97 Å². The van der Waals surface area contributed by atoms with Crippen molar-refractivity contribution in [1.29, 1.82) is 0 Å². The van der Waals surface area contributed by atoms with Crippen molar-refractivity contribution in [2.45, 2.75) is 23.2 Å². The molecule has 0 radical (unpaired) electrons. The number of aromatic nitrogens is 2. The van der Waals surface area contributed by atoms with Crippen molar-refractivity contribution < 1.29 is 13.2 Å². The molecule has 1 aliphatic heterocycles. The highest BCUT2D eigenvalue weighted by atomic mass is 32.2. The molecule has 7 nitrogen and oxygen atoms in total. The van der Waals surface area contributed by atoms with E-state index < -0.39 is 10.0 Å². The van der Waals surface area contributed by atoms with E-state index in [4.69, 9.17) is 14.9 Å². The van der Waals surface area contributed by atoms with Crippen LogP contribution in [0.3, 0.4) is 0 Å². The van der Waals surface area contributed by atoms with Gasteiger partial charge >= 0.3 is 0 Å². The fourth-order valence-corrected chi connectivity index (χ4v) is 4.21. The second kappa shape index (κ2) is 6.36. The molecule has 25 heavy (non-hydrogen) atoms. The quantitative estimate of drug-likeness (QED) is 0.881. The average molecular weight is 360 g/mol. The van der Waals surface area contributed by atoms with E-state index in [9.17, 15) is 8.42 Å². The summed E-state index contributed by atoms with van der Waals surface area (Å²) in [6.45, 7) is 2.93. The molecule has 8 heteroatoms. The lowest BCUT2D eigenvalue weighted by Crippen LogP contribution is -2.37. The molecule has 2 aliphatic rings. The first-order chi connectivity index (χ1) is 12.0. The number of ether oxygens (including phenoxy) is 1. The number of hydrogen-bond donors (Lipinski definition) is 1. The molecule has 0 spiro atoms. The van der Waals surface area contributed by atoms with Gasteiger partial charge in [0.1, 0.15) is 0 Å². The predicted octanol–water partition coefficient (Wildman–Crippen LogP) is 1.23. The first-order valence-electron chi connectivity index (χ1n) is 8.31. The predicted molar refractivity (Wildman–Crippen MR) is 93.0 cm³/mol. The Hall–Kier alpha value is -2.03. The zero-order valence-corrected chi connectivity index (χ0v) is 14.5. The first-order valence-corrected chi connectivity index (χ1v) is 9.86. The lowest BCUT2D eigenvalue weighted by Gasteiger charge is -2.26. The van der Waals surface area contributed by atoms with E-state index in [-0.39, 0.29) is 16.7 Å². The van der Waals surface area contributed by atoms with Crippen LogP contribution in [0.15, 0.2) is 41.4 Å². The smallest absolute Gasteiger partial charge is 0.238 e. The summed E-state index contributed by atoms with van der Waals surface area (Å²) in [7, 11) is -3.72. The molecule has 2 unspecified atom stereocenters. The zero-order valence-electron chi connectivity index (χ0n) is 13.7. The molecule has 2 aromatic rings. The Morgan fingerprint density at radius 2 is 1.88 bits per heavy atom. The van der Waals surface area contributed by atoms with Crippen molar-refractivity contribution in [3.8, 4) is 0 Å². The number of hydrogen-bond acceptors (Lipinski definition) is 6. The maximum absolute atomic E-state index is 11.8. The number of nitrogens with two attached hydrogens (primary N) is 1. The van der Waals surface area contributed by atoms with Crippen molar-refractivity contribution in [2.24, 2.45) is 5.14 Å². The van der Waals surface area contributed by atoms with E-state index in [2.05, 4.69) is 9.88 Å². The molecule has 2 fully saturated rings. The molecule has 2 atom stereocenters. The van der Waals surface area contributed by atoms with Crippen LogP contribution in [0.2, 0.25) is 0 Å². The Balaban J connectivity index is 1.58. The van der Waals surface area contributed by atoms with Crippen LogP contribution in [-0.4, -0.2) is 44.7 Å². The molecule has 0 bridgehead atoms. The maximum atomic E-state index is 11.8. The molecule has 0 amide bonds. The van der Waals surface area contributed by atoms with Gasteiger partial charge in [0.25, 0.3) is 0 Å². The van der Waals surface area contributed by atoms with Gasteiger partial charge in [-0.05, 0) is 30.0 Å². The zero-order chi connectivity index (χ0) is 17.4. The van der Waals surface area contributed by atoms with Crippen LogP contribution in [0.4, 0.5) is 5.95 Å². The SMILES string of the molecule is NS(=O)(=O)c1ccccc1C1CC1c1ccnc(N2CCOCC2)n1. The minimum atomic E-state index is -3.72. The lowest BCUT2D eigenvalue weighted by atomic mass is 10.1. The number of rotatable bonds is 4. The molecule has 1 aromatic heterocycles. The van der Waals surface area contributed by atoms with Crippen LogP contribution in [0, 0.1) is 0 Å². The van der Waals surface area contributed by atoms with Gasteiger partial charge in [-0.1, -0.05) is 18.2 Å². The number of sulfonamides is 1. The number of primary sulfonamides is 1. The van der Waals surface area contributed by atoms with Gasteiger partial charge in [-0.15, -0.1) is 0 Å². The van der Waals surface area contributed by atoms with E-state index in [1.54, 1.807) is 18.3 Å². The van der Waals surface area contributed by atoms with E-state index in [0.717, 1.165) is 30.8 Å². The number of benzene rings is 1. The van der Waals surface area contributed by atoms with Crippen molar-refractivity contribution >= 4 is 16.0 Å². The van der Waals surface area contributed by atoms with Gasteiger partial charge in [-0.2, -0.15) is 0 Å². The number of anilines is 1. The topological polar surface area (TPSA) is 98.4 Å². The number of nitrogens with zero attached hydrogens (tertiary/aromatic N) is 3. The Morgan fingerprint density at radius 3 is 2.64 bits per heavy atom. The molecule has 132 valence electrons. The molecule has 1 saturated carbocycles. The molecular formula is C17H20N4O3S. The van der Waals surface area contributed by atoms with Gasteiger partial charge in [-0.25, -0.2) is 23.5 Å². The Labute approximate surface area is 146 Å². The van der Waals surface area contributed by atoms with E-state index in [1.165, 1.54) is 0 Å². The van der Waals surface area contributed by atoms with Gasteiger partial charge in [0.05, 0.1) is 18.1 Å². The van der Waals surface area contributed by atoms with E-state index in [0.29, 0.717) is 19.2 Å². The maximum Gasteiger partial charge on any atom is 0.238 e. The van der Waals surface area contributed by atoms with Crippen molar-refractivity contribution in [3.05, 3.63) is 47.8 Å². The highest BCUT2D eigenvalue weighted by molar-refractivity contribution is 7.89. The summed E-state index contributed by atoms with van der Waals surface area (Å²) in [6, 6.07) is 8.86. The largest absolute Gasteiger partial charge is 0.378 e. The third kappa shape index (κ3) is 3.37. The van der Waals surface area contributed by atoms with Crippen LogP contribution < -0.4 is 10.0 Å². The summed E-state index contributed by atoms with van der Waals surface area (Å²) in [5, 5.41) is 5.36. The number of morpholine rings is 1. The van der Waals surface area contributed by atoms with Gasteiger partial charge in [0, 0.05) is 30.9 Å². The lowest BCUT2D eigenvalue weighted by molar-refractivity contribution is 0.122. The Kier molecular flexibility index (Phi) is 4.18. The van der Waals surface area contributed by atoms with E-state index in [1.807, 2.05) is 18.2 Å².